The van der Waals surface area contributed by atoms with Gasteiger partial charge in [-0.1, -0.05) is 0 Å². The number of pyridine rings is 1. The van der Waals surface area contributed by atoms with E-state index in [2.05, 4.69) is 26.2 Å². The lowest BCUT2D eigenvalue weighted by Gasteiger charge is -2.11. The van der Waals surface area contributed by atoms with E-state index >= 15 is 0 Å². The number of hydrogen-bond donors (Lipinski definition) is 2. The van der Waals surface area contributed by atoms with Crippen LogP contribution in [0.3, 0.4) is 0 Å². The third kappa shape index (κ3) is 3.17. The summed E-state index contributed by atoms with van der Waals surface area (Å²) in [5, 5.41) is 13.1. The molecule has 0 spiro atoms. The lowest BCUT2D eigenvalue weighted by atomic mass is 10.2. The first kappa shape index (κ1) is 13.7. The molecule has 0 unspecified atom stereocenters. The Kier molecular flexibility index (Phi) is 4.27. The number of methoxy groups -OCH3 is 1. The average Bonchev–Trinajstić information content (AvgIpc) is 2.41. The molecule has 0 fully saturated rings. The van der Waals surface area contributed by atoms with Gasteiger partial charge in [-0.25, -0.2) is 0 Å². The first-order chi connectivity index (χ1) is 9.11. The maximum Gasteiger partial charge on any atom is 0.172 e. The number of aromatic hydroxyl groups is 1. The number of aromatic nitrogens is 1. The van der Waals surface area contributed by atoms with E-state index in [9.17, 15) is 5.11 Å². The van der Waals surface area contributed by atoms with E-state index in [-0.39, 0.29) is 5.75 Å². The van der Waals surface area contributed by atoms with Crippen LogP contribution in [-0.4, -0.2) is 17.2 Å². The molecule has 0 aliphatic heterocycles. The van der Waals surface area contributed by atoms with Gasteiger partial charge in [0.15, 0.2) is 11.5 Å². The summed E-state index contributed by atoms with van der Waals surface area (Å²) in [6.07, 6.45) is 1.76. The number of rotatable bonds is 4. The number of ether oxygens (including phenoxy) is 1. The second kappa shape index (κ2) is 5.93. The minimum atomic E-state index is 0.115. The van der Waals surface area contributed by atoms with Gasteiger partial charge in [-0.05, 0) is 52.7 Å². The molecule has 5 heteroatoms. The van der Waals surface area contributed by atoms with Crippen LogP contribution in [0.25, 0.3) is 0 Å². The number of benzene rings is 1. The molecule has 1 heterocycles. The second-order valence-electron chi connectivity index (χ2n) is 4.12. The van der Waals surface area contributed by atoms with Gasteiger partial charge in [-0.2, -0.15) is 0 Å². The molecule has 0 bridgehead atoms. The molecule has 2 aromatic rings. The molecular formula is C14H15BrN2O2. The number of hydrogen-bond acceptors (Lipinski definition) is 4. The van der Waals surface area contributed by atoms with E-state index in [4.69, 9.17) is 4.74 Å². The third-order valence-electron chi connectivity index (χ3n) is 2.80. The highest BCUT2D eigenvalue weighted by atomic mass is 79.9. The van der Waals surface area contributed by atoms with Gasteiger partial charge in [-0.3, -0.25) is 4.98 Å². The largest absolute Gasteiger partial charge is 0.503 e. The first-order valence-electron chi connectivity index (χ1n) is 5.82. The lowest BCUT2D eigenvalue weighted by Crippen LogP contribution is -2.02. The Morgan fingerprint density at radius 3 is 2.89 bits per heavy atom. The third-order valence-corrected chi connectivity index (χ3v) is 3.40. The molecule has 19 heavy (non-hydrogen) atoms. The van der Waals surface area contributed by atoms with Crippen LogP contribution in [0.2, 0.25) is 0 Å². The van der Waals surface area contributed by atoms with Crippen molar-refractivity contribution >= 4 is 21.6 Å². The van der Waals surface area contributed by atoms with Crippen LogP contribution in [0.15, 0.2) is 34.9 Å². The van der Waals surface area contributed by atoms with Gasteiger partial charge in [0.25, 0.3) is 0 Å². The predicted molar refractivity (Wildman–Crippen MR) is 78.7 cm³/mol. The van der Waals surface area contributed by atoms with Crippen LogP contribution in [0.4, 0.5) is 5.69 Å². The van der Waals surface area contributed by atoms with Crippen molar-refractivity contribution < 1.29 is 9.84 Å². The van der Waals surface area contributed by atoms with Crippen molar-refractivity contribution in [2.45, 2.75) is 13.5 Å². The maximum atomic E-state index is 9.75. The molecular weight excluding hydrogens is 308 g/mol. The highest BCUT2D eigenvalue weighted by molar-refractivity contribution is 9.10. The standard InChI is InChI=1S/C14H15BrN2O2/c1-9-12(4-3-5-16-9)17-8-10-6-11(15)14(18)13(7-10)19-2/h3-7,17-18H,8H2,1-2H3. The quantitative estimate of drug-likeness (QED) is 0.904. The zero-order chi connectivity index (χ0) is 13.8. The summed E-state index contributed by atoms with van der Waals surface area (Å²) in [6, 6.07) is 7.53. The van der Waals surface area contributed by atoms with Crippen molar-refractivity contribution in [3.05, 3.63) is 46.2 Å². The van der Waals surface area contributed by atoms with Crippen LogP contribution >= 0.6 is 15.9 Å². The fourth-order valence-electron chi connectivity index (χ4n) is 1.75. The van der Waals surface area contributed by atoms with Crippen molar-refractivity contribution in [1.82, 2.24) is 4.98 Å². The fraction of sp³-hybridized carbons (Fsp3) is 0.214. The summed E-state index contributed by atoms with van der Waals surface area (Å²) in [5.41, 5.74) is 2.95. The molecule has 4 nitrogen and oxygen atoms in total. The number of phenols is 1. The van der Waals surface area contributed by atoms with E-state index in [1.807, 2.05) is 25.1 Å². The maximum absolute atomic E-state index is 9.75. The van der Waals surface area contributed by atoms with Gasteiger partial charge in [0, 0.05) is 12.7 Å². The minimum absolute atomic E-state index is 0.115. The number of nitrogens with one attached hydrogen (secondary N) is 1. The van der Waals surface area contributed by atoms with Crippen molar-refractivity contribution in [2.75, 3.05) is 12.4 Å². The van der Waals surface area contributed by atoms with Gasteiger partial charge in [0.05, 0.1) is 23.0 Å². The molecule has 1 aromatic heterocycles. The summed E-state index contributed by atoms with van der Waals surface area (Å²) in [6.45, 7) is 2.58. The molecule has 0 saturated heterocycles. The van der Waals surface area contributed by atoms with Crippen LogP contribution < -0.4 is 10.1 Å². The Morgan fingerprint density at radius 2 is 2.21 bits per heavy atom. The molecule has 0 amide bonds. The summed E-state index contributed by atoms with van der Waals surface area (Å²) in [7, 11) is 1.53. The molecule has 0 atom stereocenters. The Bertz CT molecular complexity index is 588. The minimum Gasteiger partial charge on any atom is -0.503 e. The zero-order valence-electron chi connectivity index (χ0n) is 10.8. The molecule has 100 valence electrons. The molecule has 0 aliphatic carbocycles. The number of phenolic OH excluding ortho intramolecular Hbond substituents is 1. The molecule has 2 rings (SSSR count). The second-order valence-corrected chi connectivity index (χ2v) is 4.97. The normalized spacial score (nSPS) is 10.3. The Balaban J connectivity index is 2.16. The summed E-state index contributed by atoms with van der Waals surface area (Å²) < 4.78 is 5.74. The Morgan fingerprint density at radius 1 is 1.42 bits per heavy atom. The molecule has 0 saturated carbocycles. The number of halogens is 1. The van der Waals surface area contributed by atoms with Gasteiger partial charge >= 0.3 is 0 Å². The highest BCUT2D eigenvalue weighted by Gasteiger charge is 2.08. The molecule has 2 N–H and O–H groups in total. The highest BCUT2D eigenvalue weighted by Crippen LogP contribution is 2.35. The topological polar surface area (TPSA) is 54.4 Å². The van der Waals surface area contributed by atoms with E-state index in [1.165, 1.54) is 7.11 Å². The van der Waals surface area contributed by atoms with E-state index in [0.29, 0.717) is 16.8 Å². The van der Waals surface area contributed by atoms with E-state index < -0.39 is 0 Å². The summed E-state index contributed by atoms with van der Waals surface area (Å²) in [4.78, 5) is 4.22. The first-order valence-corrected chi connectivity index (χ1v) is 6.62. The van der Waals surface area contributed by atoms with Gasteiger partial charge in [-0.15, -0.1) is 0 Å². The monoisotopic (exact) mass is 322 g/mol. The molecule has 0 radical (unpaired) electrons. The zero-order valence-corrected chi connectivity index (χ0v) is 12.4. The smallest absolute Gasteiger partial charge is 0.172 e. The lowest BCUT2D eigenvalue weighted by molar-refractivity contribution is 0.371. The van der Waals surface area contributed by atoms with Gasteiger partial charge in [0.2, 0.25) is 0 Å². The van der Waals surface area contributed by atoms with Crippen LogP contribution in [0, 0.1) is 6.92 Å². The summed E-state index contributed by atoms with van der Waals surface area (Å²) in [5.74, 6) is 0.567. The Hall–Kier alpha value is -1.75. The number of nitrogens with zero attached hydrogens (tertiary/aromatic N) is 1. The van der Waals surface area contributed by atoms with Crippen LogP contribution in [0.1, 0.15) is 11.3 Å². The van der Waals surface area contributed by atoms with E-state index in [1.54, 1.807) is 12.3 Å². The van der Waals surface area contributed by atoms with Crippen molar-refractivity contribution in [1.29, 1.82) is 0 Å². The fourth-order valence-corrected chi connectivity index (χ4v) is 2.24. The van der Waals surface area contributed by atoms with Crippen LogP contribution in [0.5, 0.6) is 11.5 Å². The molecule has 1 aromatic carbocycles. The van der Waals surface area contributed by atoms with Crippen molar-refractivity contribution in [3.8, 4) is 11.5 Å². The van der Waals surface area contributed by atoms with Gasteiger partial charge in [0.1, 0.15) is 0 Å². The SMILES string of the molecule is COc1cc(CNc2cccnc2C)cc(Br)c1O. The number of aryl methyl sites for hydroxylation is 1. The van der Waals surface area contributed by atoms with Crippen molar-refractivity contribution in [2.24, 2.45) is 0 Å². The summed E-state index contributed by atoms with van der Waals surface area (Å²) >= 11 is 3.31. The predicted octanol–water partition coefficient (Wildman–Crippen LogP) is 3.48. The number of anilines is 1. The van der Waals surface area contributed by atoms with E-state index in [0.717, 1.165) is 16.9 Å². The van der Waals surface area contributed by atoms with Crippen molar-refractivity contribution in [3.63, 3.8) is 0 Å². The van der Waals surface area contributed by atoms with Gasteiger partial charge < -0.3 is 15.2 Å². The van der Waals surface area contributed by atoms with Crippen LogP contribution in [-0.2, 0) is 6.54 Å². The molecule has 0 aliphatic rings. The average molecular weight is 323 g/mol. The Labute approximate surface area is 120 Å².